The van der Waals surface area contributed by atoms with E-state index >= 15 is 0 Å². The van der Waals surface area contributed by atoms with E-state index < -0.39 is 0 Å². The van der Waals surface area contributed by atoms with Gasteiger partial charge < -0.3 is 9.64 Å². The summed E-state index contributed by atoms with van der Waals surface area (Å²) in [5, 5.41) is 9.19. The first-order valence-electron chi connectivity index (χ1n) is 8.26. The van der Waals surface area contributed by atoms with E-state index in [2.05, 4.69) is 12.1 Å². The summed E-state index contributed by atoms with van der Waals surface area (Å²) in [6, 6.07) is 15.1. The van der Waals surface area contributed by atoms with Crippen molar-refractivity contribution in [2.24, 2.45) is 0 Å². The summed E-state index contributed by atoms with van der Waals surface area (Å²) in [5.74, 6) is 0.314. The van der Waals surface area contributed by atoms with Gasteiger partial charge in [0.25, 0.3) is 5.91 Å². The highest BCUT2D eigenvalue weighted by Crippen LogP contribution is 2.33. The summed E-state index contributed by atoms with van der Waals surface area (Å²) in [5.41, 5.74) is 3.00. The molecule has 0 fully saturated rings. The first kappa shape index (κ1) is 17.3. The van der Waals surface area contributed by atoms with Crippen LogP contribution in [0.4, 0.5) is 0 Å². The van der Waals surface area contributed by atoms with Gasteiger partial charge in [0.1, 0.15) is 5.75 Å². The van der Waals surface area contributed by atoms with Crippen molar-refractivity contribution in [1.82, 2.24) is 4.90 Å². The Morgan fingerprint density at radius 1 is 1.36 bits per heavy atom. The van der Waals surface area contributed by atoms with Gasteiger partial charge in [0.15, 0.2) is 6.61 Å². The monoisotopic (exact) mass is 354 g/mol. The molecule has 4 nitrogen and oxygen atoms in total. The van der Waals surface area contributed by atoms with Crippen LogP contribution in [0, 0.1) is 11.3 Å². The minimum atomic E-state index is -0.0953. The third kappa shape index (κ3) is 3.78. The van der Waals surface area contributed by atoms with Crippen LogP contribution in [0.2, 0.25) is 5.02 Å². The molecule has 0 aliphatic heterocycles. The van der Waals surface area contributed by atoms with Crippen LogP contribution in [-0.2, 0) is 11.2 Å². The lowest BCUT2D eigenvalue weighted by atomic mass is 9.87. The first-order valence-corrected chi connectivity index (χ1v) is 8.64. The standard InChI is InChI=1S/C20H19ClN2O2/c1-23(18-8-4-6-15-5-2-3-7-16(15)18)20(24)13-25-19-10-9-14(12-22)11-17(19)21/h2-3,5,7,9-11,18H,4,6,8,13H2,1H3/t18-/m1/s1. The SMILES string of the molecule is CN(C(=O)COc1ccc(C#N)cc1Cl)[C@@H]1CCCc2ccccc21. The van der Waals surface area contributed by atoms with Crippen LogP contribution in [0.15, 0.2) is 42.5 Å². The van der Waals surface area contributed by atoms with E-state index in [0.29, 0.717) is 16.3 Å². The highest BCUT2D eigenvalue weighted by atomic mass is 35.5. The van der Waals surface area contributed by atoms with Crippen molar-refractivity contribution in [3.63, 3.8) is 0 Å². The van der Waals surface area contributed by atoms with Gasteiger partial charge in [-0.05, 0) is 48.6 Å². The molecule has 0 unspecified atom stereocenters. The maximum absolute atomic E-state index is 12.6. The molecule has 2 aromatic carbocycles. The number of hydrogen-bond acceptors (Lipinski definition) is 3. The number of aryl methyl sites for hydroxylation is 1. The Kier molecular flexibility index (Phi) is 5.25. The number of ether oxygens (including phenoxy) is 1. The van der Waals surface area contributed by atoms with E-state index in [4.69, 9.17) is 21.6 Å². The normalized spacial score (nSPS) is 15.8. The molecule has 0 N–H and O–H groups in total. The number of hydrogen-bond donors (Lipinski definition) is 0. The van der Waals surface area contributed by atoms with E-state index in [-0.39, 0.29) is 18.6 Å². The first-order chi connectivity index (χ1) is 12.1. The summed E-state index contributed by atoms with van der Waals surface area (Å²) < 4.78 is 5.57. The predicted octanol–water partition coefficient (Wildman–Crippen LogP) is 4.13. The van der Waals surface area contributed by atoms with Gasteiger partial charge in [-0.15, -0.1) is 0 Å². The number of halogens is 1. The van der Waals surface area contributed by atoms with Crippen LogP contribution in [0.5, 0.6) is 5.75 Å². The second-order valence-corrected chi connectivity index (χ2v) is 6.56. The van der Waals surface area contributed by atoms with Crippen LogP contribution < -0.4 is 4.74 Å². The Morgan fingerprint density at radius 2 is 2.16 bits per heavy atom. The van der Waals surface area contributed by atoms with Crippen molar-refractivity contribution in [3.8, 4) is 11.8 Å². The smallest absolute Gasteiger partial charge is 0.260 e. The average molecular weight is 355 g/mol. The molecule has 1 atom stereocenters. The van der Waals surface area contributed by atoms with Gasteiger partial charge in [0.2, 0.25) is 0 Å². The van der Waals surface area contributed by atoms with Crippen molar-refractivity contribution in [2.45, 2.75) is 25.3 Å². The van der Waals surface area contributed by atoms with Gasteiger partial charge in [-0.1, -0.05) is 35.9 Å². The van der Waals surface area contributed by atoms with Crippen molar-refractivity contribution in [2.75, 3.05) is 13.7 Å². The van der Waals surface area contributed by atoms with Crippen LogP contribution in [0.25, 0.3) is 0 Å². The number of rotatable bonds is 4. The van der Waals surface area contributed by atoms with Gasteiger partial charge in [0.05, 0.1) is 22.7 Å². The van der Waals surface area contributed by atoms with Crippen molar-refractivity contribution >= 4 is 17.5 Å². The molecule has 3 rings (SSSR count). The summed E-state index contributed by atoms with van der Waals surface area (Å²) in [7, 11) is 1.82. The Hall–Kier alpha value is -2.51. The molecule has 2 aromatic rings. The van der Waals surface area contributed by atoms with Crippen molar-refractivity contribution in [3.05, 3.63) is 64.2 Å². The molecule has 0 saturated carbocycles. The highest BCUT2D eigenvalue weighted by molar-refractivity contribution is 6.32. The second-order valence-electron chi connectivity index (χ2n) is 6.16. The number of benzene rings is 2. The fourth-order valence-corrected chi connectivity index (χ4v) is 3.47. The topological polar surface area (TPSA) is 53.3 Å². The lowest BCUT2D eigenvalue weighted by molar-refractivity contribution is -0.134. The molecule has 1 aliphatic carbocycles. The second kappa shape index (κ2) is 7.58. The zero-order chi connectivity index (χ0) is 17.8. The molecule has 1 aliphatic rings. The molecule has 0 heterocycles. The van der Waals surface area contributed by atoms with Crippen molar-refractivity contribution in [1.29, 1.82) is 5.26 Å². The number of carbonyl (C=O) groups is 1. The van der Waals surface area contributed by atoms with Crippen LogP contribution >= 0.6 is 11.6 Å². The number of fused-ring (bicyclic) bond motifs is 1. The Bertz CT molecular complexity index is 829. The van der Waals surface area contributed by atoms with E-state index in [1.165, 1.54) is 17.2 Å². The van der Waals surface area contributed by atoms with E-state index in [1.54, 1.807) is 17.0 Å². The van der Waals surface area contributed by atoms with E-state index in [9.17, 15) is 4.79 Å². The summed E-state index contributed by atoms with van der Waals surface area (Å²) in [6.07, 6.45) is 3.09. The maximum atomic E-state index is 12.6. The quantitative estimate of drug-likeness (QED) is 0.829. The fraction of sp³-hybridized carbons (Fsp3) is 0.300. The van der Waals surface area contributed by atoms with Crippen LogP contribution in [0.1, 0.15) is 35.6 Å². The van der Waals surface area contributed by atoms with Gasteiger partial charge >= 0.3 is 0 Å². The molecule has 0 radical (unpaired) electrons. The molecule has 0 bridgehead atoms. The maximum Gasteiger partial charge on any atom is 0.260 e. The zero-order valence-electron chi connectivity index (χ0n) is 14.0. The third-order valence-electron chi connectivity index (χ3n) is 4.61. The van der Waals surface area contributed by atoms with Gasteiger partial charge in [-0.25, -0.2) is 0 Å². The Morgan fingerprint density at radius 3 is 2.92 bits per heavy atom. The molecule has 0 aromatic heterocycles. The third-order valence-corrected chi connectivity index (χ3v) is 4.91. The Balaban J connectivity index is 1.67. The highest BCUT2D eigenvalue weighted by Gasteiger charge is 2.26. The number of nitriles is 1. The van der Waals surface area contributed by atoms with E-state index in [0.717, 1.165) is 19.3 Å². The summed E-state index contributed by atoms with van der Waals surface area (Å²) in [6.45, 7) is -0.0826. The number of nitrogens with zero attached hydrogens (tertiary/aromatic N) is 2. The van der Waals surface area contributed by atoms with Crippen LogP contribution in [0.3, 0.4) is 0 Å². The molecular formula is C20H19ClN2O2. The van der Waals surface area contributed by atoms with E-state index in [1.807, 2.05) is 25.2 Å². The molecule has 25 heavy (non-hydrogen) atoms. The molecule has 5 heteroatoms. The number of amides is 1. The molecular weight excluding hydrogens is 336 g/mol. The van der Waals surface area contributed by atoms with Gasteiger partial charge in [-0.3, -0.25) is 4.79 Å². The molecule has 128 valence electrons. The lowest BCUT2D eigenvalue weighted by Gasteiger charge is -2.33. The predicted molar refractivity (Wildman–Crippen MR) is 96.6 cm³/mol. The fourth-order valence-electron chi connectivity index (χ4n) is 3.23. The zero-order valence-corrected chi connectivity index (χ0v) is 14.8. The van der Waals surface area contributed by atoms with Gasteiger partial charge in [0, 0.05) is 7.05 Å². The summed E-state index contributed by atoms with van der Waals surface area (Å²) in [4.78, 5) is 14.3. The van der Waals surface area contributed by atoms with Crippen molar-refractivity contribution < 1.29 is 9.53 Å². The largest absolute Gasteiger partial charge is 0.482 e. The Labute approximate surface area is 152 Å². The molecule has 0 spiro atoms. The average Bonchev–Trinajstić information content (AvgIpc) is 2.65. The minimum Gasteiger partial charge on any atom is -0.482 e. The number of likely N-dealkylation sites (N-methyl/N-ethyl adjacent to an activating group) is 1. The minimum absolute atomic E-state index is 0.0810. The molecule has 0 saturated heterocycles. The molecule has 1 amide bonds. The number of carbonyl (C=O) groups excluding carboxylic acids is 1. The summed E-state index contributed by atoms with van der Waals surface area (Å²) >= 11 is 6.09. The van der Waals surface area contributed by atoms with Crippen LogP contribution in [-0.4, -0.2) is 24.5 Å². The lowest BCUT2D eigenvalue weighted by Crippen LogP contribution is -2.36. The van der Waals surface area contributed by atoms with Gasteiger partial charge in [-0.2, -0.15) is 5.26 Å².